The van der Waals surface area contributed by atoms with Crippen molar-refractivity contribution in [2.75, 3.05) is 26.2 Å². The summed E-state index contributed by atoms with van der Waals surface area (Å²) in [7, 11) is 0. The number of carbonyl (C=O) groups is 1. The predicted molar refractivity (Wildman–Crippen MR) is 49.6 cm³/mol. The number of likely N-dealkylation sites (tertiary alicyclic amines) is 1. The quantitative estimate of drug-likeness (QED) is 0.490. The van der Waals surface area contributed by atoms with Gasteiger partial charge >= 0.3 is 0 Å². The molecule has 0 aromatic carbocycles. The molecule has 5 heteroatoms. The maximum atomic E-state index is 11.6. The topological polar surface area (TPSA) is 72.8 Å². The van der Waals surface area contributed by atoms with Gasteiger partial charge in [0.15, 0.2) is 0 Å². The zero-order valence-electron chi connectivity index (χ0n) is 8.02. The number of nitrogens with one attached hydrogen (secondary N) is 1. The summed E-state index contributed by atoms with van der Waals surface area (Å²) in [5, 5.41) is 21.6. The Kier molecular flexibility index (Phi) is 2.71. The van der Waals surface area contributed by atoms with Crippen molar-refractivity contribution in [2.24, 2.45) is 5.92 Å². The van der Waals surface area contributed by atoms with E-state index in [-0.39, 0.29) is 19.0 Å². The molecule has 1 amide bonds. The van der Waals surface area contributed by atoms with Crippen LogP contribution in [0.1, 0.15) is 6.42 Å². The van der Waals surface area contributed by atoms with E-state index in [4.69, 9.17) is 0 Å². The fraction of sp³-hybridized carbons (Fsp3) is 0.889. The third-order valence-electron chi connectivity index (χ3n) is 2.94. The van der Waals surface area contributed by atoms with Crippen LogP contribution < -0.4 is 5.32 Å². The third kappa shape index (κ3) is 1.89. The molecule has 0 unspecified atom stereocenters. The molecule has 80 valence electrons. The van der Waals surface area contributed by atoms with Crippen LogP contribution in [0.4, 0.5) is 0 Å². The lowest BCUT2D eigenvalue weighted by Gasteiger charge is -2.28. The Bertz CT molecular complexity index is 220. The Labute approximate surface area is 82.7 Å². The third-order valence-corrected chi connectivity index (χ3v) is 2.94. The summed E-state index contributed by atoms with van der Waals surface area (Å²) in [4.78, 5) is 13.2. The lowest BCUT2D eigenvalue weighted by molar-refractivity contribution is -0.132. The summed E-state index contributed by atoms with van der Waals surface area (Å²) >= 11 is 0. The second-order valence-corrected chi connectivity index (χ2v) is 4.16. The molecular formula is C9H16N2O3. The van der Waals surface area contributed by atoms with Gasteiger partial charge in [-0.2, -0.15) is 0 Å². The van der Waals surface area contributed by atoms with Crippen LogP contribution in [0.15, 0.2) is 0 Å². The number of carbonyl (C=O) groups excluding carboxylic acids is 1. The Hall–Kier alpha value is -0.650. The van der Waals surface area contributed by atoms with Gasteiger partial charge in [-0.1, -0.05) is 0 Å². The lowest BCUT2D eigenvalue weighted by atomic mass is 9.99. The zero-order chi connectivity index (χ0) is 10.1. The number of rotatable bonds is 2. The minimum absolute atomic E-state index is 0.0482. The van der Waals surface area contributed by atoms with Gasteiger partial charge in [-0.25, -0.2) is 0 Å². The van der Waals surface area contributed by atoms with Crippen LogP contribution in [-0.4, -0.2) is 59.4 Å². The van der Waals surface area contributed by atoms with Crippen molar-refractivity contribution < 1.29 is 15.0 Å². The van der Waals surface area contributed by atoms with Crippen molar-refractivity contribution in [2.45, 2.75) is 18.6 Å². The molecule has 2 atom stereocenters. The molecule has 2 saturated heterocycles. The molecule has 0 spiro atoms. The van der Waals surface area contributed by atoms with Crippen LogP contribution in [0, 0.1) is 5.92 Å². The van der Waals surface area contributed by atoms with Crippen molar-refractivity contribution in [3.63, 3.8) is 0 Å². The van der Waals surface area contributed by atoms with E-state index in [1.165, 1.54) is 0 Å². The molecule has 2 aliphatic rings. The summed E-state index contributed by atoms with van der Waals surface area (Å²) in [6, 6.07) is 0. The number of hydrogen-bond donors (Lipinski definition) is 3. The molecule has 2 aliphatic heterocycles. The minimum atomic E-state index is -0.765. The van der Waals surface area contributed by atoms with E-state index >= 15 is 0 Å². The molecular weight excluding hydrogens is 184 g/mol. The van der Waals surface area contributed by atoms with Crippen LogP contribution in [0.3, 0.4) is 0 Å². The van der Waals surface area contributed by atoms with Crippen molar-refractivity contribution in [3.8, 4) is 0 Å². The number of hydrogen-bond acceptors (Lipinski definition) is 4. The molecule has 0 radical (unpaired) electrons. The van der Waals surface area contributed by atoms with Crippen molar-refractivity contribution in [1.29, 1.82) is 0 Å². The van der Waals surface area contributed by atoms with Gasteiger partial charge in [0.2, 0.25) is 5.91 Å². The second-order valence-electron chi connectivity index (χ2n) is 4.16. The molecule has 14 heavy (non-hydrogen) atoms. The number of aliphatic hydroxyl groups excluding tert-OH is 2. The number of amides is 1. The average molecular weight is 200 g/mol. The molecule has 2 rings (SSSR count). The van der Waals surface area contributed by atoms with Crippen molar-refractivity contribution in [3.05, 3.63) is 0 Å². The van der Waals surface area contributed by atoms with Gasteiger partial charge in [0, 0.05) is 19.5 Å². The van der Waals surface area contributed by atoms with Gasteiger partial charge in [0.1, 0.15) is 0 Å². The predicted octanol–water partition coefficient (Wildman–Crippen LogP) is -1.84. The first-order chi connectivity index (χ1) is 6.66. The van der Waals surface area contributed by atoms with Crippen LogP contribution >= 0.6 is 0 Å². The molecule has 0 aromatic rings. The Balaban J connectivity index is 1.80. The molecule has 0 saturated carbocycles. The number of nitrogens with zero attached hydrogens (tertiary/aromatic N) is 1. The summed E-state index contributed by atoms with van der Waals surface area (Å²) in [5.41, 5.74) is 0. The number of aliphatic hydroxyl groups is 2. The normalized spacial score (nSPS) is 33.1. The highest BCUT2D eigenvalue weighted by Gasteiger charge is 2.33. The van der Waals surface area contributed by atoms with Gasteiger partial charge in [0.05, 0.1) is 12.2 Å². The largest absolute Gasteiger partial charge is 0.388 e. The van der Waals surface area contributed by atoms with Gasteiger partial charge in [-0.15, -0.1) is 0 Å². The highest BCUT2D eigenvalue weighted by molar-refractivity contribution is 5.77. The van der Waals surface area contributed by atoms with Crippen molar-refractivity contribution >= 4 is 5.91 Å². The van der Waals surface area contributed by atoms with Gasteiger partial charge in [-0.05, 0) is 19.0 Å². The lowest BCUT2D eigenvalue weighted by Crippen LogP contribution is -2.45. The Morgan fingerprint density at radius 2 is 1.86 bits per heavy atom. The Morgan fingerprint density at radius 3 is 2.29 bits per heavy atom. The van der Waals surface area contributed by atoms with Crippen molar-refractivity contribution in [1.82, 2.24) is 10.2 Å². The second kappa shape index (κ2) is 3.84. The molecule has 0 aliphatic carbocycles. The molecule has 2 heterocycles. The smallest absolute Gasteiger partial charge is 0.223 e. The van der Waals surface area contributed by atoms with Crippen LogP contribution in [0.2, 0.25) is 0 Å². The van der Waals surface area contributed by atoms with E-state index in [9.17, 15) is 15.0 Å². The first-order valence-corrected chi connectivity index (χ1v) is 5.01. The maximum absolute atomic E-state index is 11.6. The van der Waals surface area contributed by atoms with E-state index < -0.39 is 12.2 Å². The summed E-state index contributed by atoms with van der Waals surface area (Å²) in [5.74, 6) is 0.490. The average Bonchev–Trinajstić information content (AvgIpc) is 2.40. The van der Waals surface area contributed by atoms with Gasteiger partial charge in [0.25, 0.3) is 0 Å². The van der Waals surface area contributed by atoms with Crippen LogP contribution in [0.5, 0.6) is 0 Å². The van der Waals surface area contributed by atoms with Gasteiger partial charge < -0.3 is 20.4 Å². The van der Waals surface area contributed by atoms with E-state index in [0.717, 1.165) is 13.1 Å². The van der Waals surface area contributed by atoms with Gasteiger partial charge in [-0.3, -0.25) is 4.79 Å². The molecule has 3 N–H and O–H groups in total. The maximum Gasteiger partial charge on any atom is 0.223 e. The molecule has 5 nitrogen and oxygen atoms in total. The molecule has 0 aromatic heterocycles. The van der Waals surface area contributed by atoms with Crippen LogP contribution in [0.25, 0.3) is 0 Å². The highest BCUT2D eigenvalue weighted by Crippen LogP contribution is 2.15. The minimum Gasteiger partial charge on any atom is -0.388 e. The zero-order valence-corrected chi connectivity index (χ0v) is 8.02. The summed E-state index contributed by atoms with van der Waals surface area (Å²) in [6.45, 7) is 2.37. The SMILES string of the molecule is O=C(CC1CNC1)N1C[C@@H](O)[C@@H](O)C1. The van der Waals surface area contributed by atoms with Crippen LogP contribution in [-0.2, 0) is 4.79 Å². The molecule has 2 fully saturated rings. The highest BCUT2D eigenvalue weighted by atomic mass is 16.3. The molecule has 0 bridgehead atoms. The fourth-order valence-electron chi connectivity index (χ4n) is 1.84. The van der Waals surface area contributed by atoms with E-state index in [2.05, 4.69) is 5.32 Å². The standard InChI is InChI=1S/C9H16N2O3/c12-7-4-11(5-8(7)13)9(14)1-6-2-10-3-6/h6-8,10,12-13H,1-5H2/t7-,8+. The monoisotopic (exact) mass is 200 g/mol. The van der Waals surface area contributed by atoms with E-state index in [0.29, 0.717) is 12.3 Å². The fourth-order valence-corrected chi connectivity index (χ4v) is 1.84. The first-order valence-electron chi connectivity index (χ1n) is 5.01. The first kappa shape index (κ1) is 9.89. The summed E-state index contributed by atoms with van der Waals surface area (Å²) < 4.78 is 0. The summed E-state index contributed by atoms with van der Waals surface area (Å²) in [6.07, 6.45) is -0.996. The van der Waals surface area contributed by atoms with E-state index in [1.807, 2.05) is 0 Å². The van der Waals surface area contributed by atoms with E-state index in [1.54, 1.807) is 4.90 Å². The number of β-amino-alcohol motifs (C(OH)–C–C–N with tert-alkyl or cyclic N) is 2. The Morgan fingerprint density at radius 1 is 1.29 bits per heavy atom.